The Morgan fingerprint density at radius 3 is 2.74 bits per heavy atom. The smallest absolute Gasteiger partial charge is 0.243 e. The molecule has 0 saturated heterocycles. The standard InChI is InChI=1S/C11H13BrN4O2S/c1-8-3-4-9(5-10(8)12)19(17,18)16(2)6-11-13-7-14-15-11/h3-5,7H,6H2,1-2H3,(H,13,14,15). The molecule has 2 rings (SSSR count). The van der Waals surface area contributed by atoms with Gasteiger partial charge in [-0.05, 0) is 24.6 Å². The number of hydrogen-bond acceptors (Lipinski definition) is 4. The van der Waals surface area contributed by atoms with Gasteiger partial charge in [0.1, 0.15) is 12.2 Å². The normalized spacial score (nSPS) is 12.0. The topological polar surface area (TPSA) is 79.0 Å². The number of aromatic nitrogens is 3. The van der Waals surface area contributed by atoms with Gasteiger partial charge in [-0.1, -0.05) is 22.0 Å². The molecule has 0 aliphatic rings. The summed E-state index contributed by atoms with van der Waals surface area (Å²) >= 11 is 3.34. The SMILES string of the molecule is Cc1ccc(S(=O)(=O)N(C)Cc2ncn[nH]2)cc1Br. The van der Waals surface area contributed by atoms with Crippen LogP contribution in [0.5, 0.6) is 0 Å². The Morgan fingerprint density at radius 1 is 1.42 bits per heavy atom. The molecular formula is C11H13BrN4O2S. The summed E-state index contributed by atoms with van der Waals surface area (Å²) in [5, 5.41) is 6.33. The van der Waals surface area contributed by atoms with E-state index in [9.17, 15) is 8.42 Å². The Kier molecular flexibility index (Phi) is 4.02. The maximum Gasteiger partial charge on any atom is 0.243 e. The summed E-state index contributed by atoms with van der Waals surface area (Å²) in [6, 6.07) is 4.95. The minimum absolute atomic E-state index is 0.147. The maximum atomic E-state index is 12.4. The first-order valence-electron chi connectivity index (χ1n) is 5.48. The maximum absolute atomic E-state index is 12.4. The third-order valence-electron chi connectivity index (χ3n) is 2.69. The minimum atomic E-state index is -3.54. The van der Waals surface area contributed by atoms with Crippen LogP contribution < -0.4 is 0 Å². The number of rotatable bonds is 4. The van der Waals surface area contributed by atoms with Crippen molar-refractivity contribution < 1.29 is 8.42 Å². The van der Waals surface area contributed by atoms with Crippen LogP contribution in [0.3, 0.4) is 0 Å². The predicted molar refractivity (Wildman–Crippen MR) is 73.9 cm³/mol. The molecule has 2 aromatic rings. The van der Waals surface area contributed by atoms with Gasteiger partial charge in [0.15, 0.2) is 0 Å². The van der Waals surface area contributed by atoms with Crippen molar-refractivity contribution in [2.45, 2.75) is 18.4 Å². The van der Waals surface area contributed by atoms with Gasteiger partial charge in [0.05, 0.1) is 11.4 Å². The number of halogens is 1. The largest absolute Gasteiger partial charge is 0.262 e. The van der Waals surface area contributed by atoms with Gasteiger partial charge < -0.3 is 0 Å². The lowest BCUT2D eigenvalue weighted by Crippen LogP contribution is -2.27. The van der Waals surface area contributed by atoms with Gasteiger partial charge in [-0.2, -0.15) is 9.40 Å². The van der Waals surface area contributed by atoms with Crippen molar-refractivity contribution in [1.82, 2.24) is 19.5 Å². The second-order valence-corrected chi connectivity index (χ2v) is 7.00. The summed E-state index contributed by atoms with van der Waals surface area (Å²) in [7, 11) is -2.03. The van der Waals surface area contributed by atoms with Crippen LogP contribution in [0.15, 0.2) is 33.9 Å². The first-order chi connectivity index (χ1) is 8.91. The molecule has 6 nitrogen and oxygen atoms in total. The van der Waals surface area contributed by atoms with Crippen molar-refractivity contribution in [3.63, 3.8) is 0 Å². The minimum Gasteiger partial charge on any atom is -0.262 e. The number of benzene rings is 1. The lowest BCUT2D eigenvalue weighted by molar-refractivity contribution is 0.457. The molecule has 1 aromatic heterocycles. The second kappa shape index (κ2) is 5.40. The fourth-order valence-electron chi connectivity index (χ4n) is 1.52. The zero-order valence-corrected chi connectivity index (χ0v) is 12.9. The van der Waals surface area contributed by atoms with Crippen LogP contribution in [-0.4, -0.2) is 35.0 Å². The summed E-state index contributed by atoms with van der Waals surface area (Å²) in [4.78, 5) is 4.16. The summed E-state index contributed by atoms with van der Waals surface area (Å²) in [5.41, 5.74) is 0.983. The van der Waals surface area contributed by atoms with Crippen LogP contribution in [0, 0.1) is 6.92 Å². The third kappa shape index (κ3) is 3.02. The number of nitrogens with one attached hydrogen (secondary N) is 1. The zero-order chi connectivity index (χ0) is 14.0. The fraction of sp³-hybridized carbons (Fsp3) is 0.273. The lowest BCUT2D eigenvalue weighted by Gasteiger charge is -2.16. The van der Waals surface area contributed by atoms with E-state index in [2.05, 4.69) is 31.1 Å². The van der Waals surface area contributed by atoms with Gasteiger partial charge >= 0.3 is 0 Å². The van der Waals surface area contributed by atoms with E-state index in [-0.39, 0.29) is 11.4 Å². The van der Waals surface area contributed by atoms with Gasteiger partial charge in [-0.3, -0.25) is 5.10 Å². The van der Waals surface area contributed by atoms with E-state index >= 15 is 0 Å². The Balaban J connectivity index is 2.28. The molecule has 0 unspecified atom stereocenters. The number of H-pyrrole nitrogens is 1. The monoisotopic (exact) mass is 344 g/mol. The van der Waals surface area contributed by atoms with Crippen LogP contribution in [-0.2, 0) is 16.6 Å². The Labute approximate surface area is 120 Å². The molecule has 0 bridgehead atoms. The van der Waals surface area contributed by atoms with Crippen molar-refractivity contribution in [1.29, 1.82) is 0 Å². The highest BCUT2D eigenvalue weighted by atomic mass is 79.9. The lowest BCUT2D eigenvalue weighted by atomic mass is 10.2. The highest BCUT2D eigenvalue weighted by Gasteiger charge is 2.22. The second-order valence-electron chi connectivity index (χ2n) is 4.10. The van der Waals surface area contributed by atoms with Gasteiger partial charge in [-0.25, -0.2) is 13.4 Å². The molecule has 1 aromatic carbocycles. The number of aryl methyl sites for hydroxylation is 1. The van der Waals surface area contributed by atoms with Crippen LogP contribution in [0.25, 0.3) is 0 Å². The van der Waals surface area contributed by atoms with Crippen LogP contribution in [0.1, 0.15) is 11.4 Å². The molecule has 0 radical (unpaired) electrons. The summed E-state index contributed by atoms with van der Waals surface area (Å²) in [6.07, 6.45) is 1.35. The van der Waals surface area contributed by atoms with Crippen molar-refractivity contribution in [3.8, 4) is 0 Å². The first-order valence-corrected chi connectivity index (χ1v) is 7.71. The Hall–Kier alpha value is -1.25. The van der Waals surface area contributed by atoms with Crippen molar-refractivity contribution in [2.24, 2.45) is 0 Å². The average Bonchev–Trinajstić information content (AvgIpc) is 2.85. The van der Waals surface area contributed by atoms with Gasteiger partial charge in [0.25, 0.3) is 0 Å². The van der Waals surface area contributed by atoms with E-state index in [4.69, 9.17) is 0 Å². The van der Waals surface area contributed by atoms with E-state index in [0.717, 1.165) is 10.0 Å². The van der Waals surface area contributed by atoms with E-state index in [1.54, 1.807) is 18.2 Å². The molecule has 0 aliphatic heterocycles. The van der Waals surface area contributed by atoms with E-state index < -0.39 is 10.0 Å². The Bertz CT molecular complexity index is 670. The van der Waals surface area contributed by atoms with E-state index in [1.165, 1.54) is 17.7 Å². The quantitative estimate of drug-likeness (QED) is 0.915. The molecule has 0 amide bonds. The molecule has 102 valence electrons. The van der Waals surface area contributed by atoms with Crippen LogP contribution >= 0.6 is 15.9 Å². The van der Waals surface area contributed by atoms with Crippen molar-refractivity contribution in [3.05, 3.63) is 40.4 Å². The molecule has 0 aliphatic carbocycles. The van der Waals surface area contributed by atoms with Gasteiger partial charge in [-0.15, -0.1) is 0 Å². The number of hydrogen-bond donors (Lipinski definition) is 1. The highest BCUT2D eigenvalue weighted by Crippen LogP contribution is 2.23. The molecule has 19 heavy (non-hydrogen) atoms. The predicted octanol–water partition coefficient (Wildman–Crippen LogP) is 1.70. The van der Waals surface area contributed by atoms with Crippen LogP contribution in [0.2, 0.25) is 0 Å². The number of aromatic amines is 1. The van der Waals surface area contributed by atoms with Crippen LogP contribution in [0.4, 0.5) is 0 Å². The highest BCUT2D eigenvalue weighted by molar-refractivity contribution is 9.10. The molecule has 0 spiro atoms. The summed E-state index contributed by atoms with van der Waals surface area (Å²) < 4.78 is 26.7. The molecule has 8 heteroatoms. The molecule has 1 N–H and O–H groups in total. The molecule has 1 heterocycles. The van der Waals surface area contributed by atoms with Gasteiger partial charge in [0, 0.05) is 11.5 Å². The van der Waals surface area contributed by atoms with Crippen molar-refractivity contribution in [2.75, 3.05) is 7.05 Å². The Morgan fingerprint density at radius 2 is 2.16 bits per heavy atom. The fourth-order valence-corrected chi connectivity index (χ4v) is 3.21. The summed E-state index contributed by atoms with van der Waals surface area (Å²) in [5.74, 6) is 0.497. The molecule has 0 atom stereocenters. The van der Waals surface area contributed by atoms with Gasteiger partial charge in [0.2, 0.25) is 10.0 Å². The first kappa shape index (κ1) is 14.2. The zero-order valence-electron chi connectivity index (χ0n) is 10.5. The molecular weight excluding hydrogens is 332 g/mol. The molecule has 0 saturated carbocycles. The average molecular weight is 345 g/mol. The van der Waals surface area contributed by atoms with Crippen molar-refractivity contribution >= 4 is 26.0 Å². The van der Waals surface area contributed by atoms with E-state index in [1.807, 2.05) is 6.92 Å². The summed E-state index contributed by atoms with van der Waals surface area (Å²) in [6.45, 7) is 2.05. The third-order valence-corrected chi connectivity index (χ3v) is 5.34. The number of sulfonamides is 1. The molecule has 0 fully saturated rings. The number of nitrogens with zero attached hydrogens (tertiary/aromatic N) is 3. The van der Waals surface area contributed by atoms with E-state index in [0.29, 0.717) is 5.82 Å².